The second-order valence-corrected chi connectivity index (χ2v) is 9.33. The zero-order valence-electron chi connectivity index (χ0n) is 18.0. The molecule has 1 amide bonds. The highest BCUT2D eigenvalue weighted by Gasteiger charge is 2.26. The van der Waals surface area contributed by atoms with Crippen LogP contribution in [-0.4, -0.2) is 46.9 Å². The molecule has 7 heteroatoms. The van der Waals surface area contributed by atoms with Gasteiger partial charge in [-0.05, 0) is 61.6 Å². The first kappa shape index (κ1) is 21.4. The van der Waals surface area contributed by atoms with Crippen LogP contribution in [0.5, 0.6) is 0 Å². The van der Waals surface area contributed by atoms with Crippen molar-refractivity contribution in [3.63, 3.8) is 0 Å². The molecule has 1 fully saturated rings. The largest absolute Gasteiger partial charge is 0.379 e. The smallest absolute Gasteiger partial charge is 0.276 e. The Morgan fingerprint density at radius 1 is 1.06 bits per heavy atom. The monoisotopic (exact) mass is 494 g/mol. The van der Waals surface area contributed by atoms with Crippen molar-refractivity contribution < 1.29 is 9.53 Å². The molecule has 0 unspecified atom stereocenters. The van der Waals surface area contributed by atoms with Gasteiger partial charge in [0.25, 0.3) is 5.91 Å². The Hall–Kier alpha value is -2.48. The molecule has 1 aliphatic heterocycles. The van der Waals surface area contributed by atoms with Gasteiger partial charge < -0.3 is 10.1 Å². The average molecular weight is 495 g/mol. The van der Waals surface area contributed by atoms with E-state index >= 15 is 0 Å². The fraction of sp³-hybridized carbons (Fsp3) is 0.360. The van der Waals surface area contributed by atoms with Crippen LogP contribution in [0.4, 0.5) is 5.69 Å². The first-order valence-corrected chi connectivity index (χ1v) is 12.0. The molecule has 0 spiro atoms. The van der Waals surface area contributed by atoms with Crippen LogP contribution < -0.4 is 5.32 Å². The van der Waals surface area contributed by atoms with Crippen LogP contribution in [0.25, 0.3) is 5.69 Å². The van der Waals surface area contributed by atoms with Crippen molar-refractivity contribution in [3.05, 3.63) is 75.5 Å². The van der Waals surface area contributed by atoms with Gasteiger partial charge in [0.1, 0.15) is 0 Å². The second-order valence-electron chi connectivity index (χ2n) is 8.42. The molecule has 1 aromatic heterocycles. The second kappa shape index (κ2) is 9.57. The van der Waals surface area contributed by atoms with Crippen LogP contribution in [-0.2, 0) is 24.1 Å². The molecule has 32 heavy (non-hydrogen) atoms. The fourth-order valence-corrected chi connectivity index (χ4v) is 4.95. The maximum absolute atomic E-state index is 13.3. The molecule has 0 saturated carbocycles. The lowest BCUT2D eigenvalue weighted by molar-refractivity contribution is 0.0342. The van der Waals surface area contributed by atoms with Crippen LogP contribution in [0, 0.1) is 0 Å². The third-order valence-electron chi connectivity index (χ3n) is 6.14. The van der Waals surface area contributed by atoms with Gasteiger partial charge in [0.15, 0.2) is 5.69 Å². The molecular formula is C25H27BrN4O2. The number of ether oxygens (including phenoxy) is 1. The normalized spacial score (nSPS) is 16.5. The van der Waals surface area contributed by atoms with Crippen LogP contribution >= 0.6 is 15.9 Å². The summed E-state index contributed by atoms with van der Waals surface area (Å²) in [6.45, 7) is 4.30. The number of carbonyl (C=O) groups excluding carboxylic acids is 1. The van der Waals surface area contributed by atoms with Gasteiger partial charge in [-0.1, -0.05) is 34.1 Å². The highest BCUT2D eigenvalue weighted by atomic mass is 79.9. The van der Waals surface area contributed by atoms with Gasteiger partial charge in [-0.2, -0.15) is 5.10 Å². The number of morpholine rings is 1. The first-order chi connectivity index (χ1) is 15.7. The topological polar surface area (TPSA) is 59.4 Å². The molecule has 2 heterocycles. The molecule has 166 valence electrons. The maximum Gasteiger partial charge on any atom is 0.276 e. The van der Waals surface area contributed by atoms with Gasteiger partial charge in [0.05, 0.1) is 18.9 Å². The minimum absolute atomic E-state index is 0.139. The third kappa shape index (κ3) is 4.65. The Morgan fingerprint density at radius 3 is 2.72 bits per heavy atom. The van der Waals surface area contributed by atoms with Gasteiger partial charge in [-0.3, -0.25) is 9.69 Å². The molecule has 1 aliphatic carbocycles. The summed E-state index contributed by atoms with van der Waals surface area (Å²) in [5.41, 5.74) is 5.75. The number of fused-ring (bicyclic) bond motifs is 1. The Morgan fingerprint density at radius 2 is 1.88 bits per heavy atom. The SMILES string of the molecule is O=C(Nc1cccc(CN2CCOCC2)c1)c1nn(-c2cccc(Br)c2)c2c1CCCC2. The van der Waals surface area contributed by atoms with Crippen molar-refractivity contribution in [2.24, 2.45) is 0 Å². The van der Waals surface area contributed by atoms with E-state index in [9.17, 15) is 4.79 Å². The molecular weight excluding hydrogens is 468 g/mol. The summed E-state index contributed by atoms with van der Waals surface area (Å²) >= 11 is 3.55. The predicted octanol–water partition coefficient (Wildman–Crippen LogP) is 4.60. The van der Waals surface area contributed by atoms with E-state index in [4.69, 9.17) is 9.84 Å². The molecule has 6 nitrogen and oxygen atoms in total. The maximum atomic E-state index is 13.3. The molecule has 0 radical (unpaired) electrons. The van der Waals surface area contributed by atoms with Crippen molar-refractivity contribution in [3.8, 4) is 5.69 Å². The number of nitrogens with zero attached hydrogens (tertiary/aromatic N) is 3. The molecule has 5 rings (SSSR count). The van der Waals surface area contributed by atoms with E-state index in [1.807, 2.05) is 41.1 Å². The van der Waals surface area contributed by atoms with Crippen molar-refractivity contribution in [1.29, 1.82) is 0 Å². The van der Waals surface area contributed by atoms with Crippen molar-refractivity contribution in [2.75, 3.05) is 31.6 Å². The highest BCUT2D eigenvalue weighted by Crippen LogP contribution is 2.28. The van der Waals surface area contributed by atoms with Crippen LogP contribution in [0.2, 0.25) is 0 Å². The van der Waals surface area contributed by atoms with E-state index in [0.29, 0.717) is 5.69 Å². The van der Waals surface area contributed by atoms with Crippen LogP contribution in [0.15, 0.2) is 53.0 Å². The van der Waals surface area contributed by atoms with Gasteiger partial charge in [0, 0.05) is 41.1 Å². The Labute approximate surface area is 196 Å². The molecule has 3 aromatic rings. The van der Waals surface area contributed by atoms with Crippen molar-refractivity contribution >= 4 is 27.5 Å². The summed E-state index contributed by atoms with van der Waals surface area (Å²) in [5, 5.41) is 7.87. The number of anilines is 1. The lowest BCUT2D eigenvalue weighted by Crippen LogP contribution is -2.35. The van der Waals surface area contributed by atoms with E-state index in [1.165, 1.54) is 5.56 Å². The summed E-state index contributed by atoms with van der Waals surface area (Å²) in [6, 6.07) is 16.2. The first-order valence-electron chi connectivity index (χ1n) is 11.2. The van der Waals surface area contributed by atoms with E-state index in [1.54, 1.807) is 0 Å². The predicted molar refractivity (Wildman–Crippen MR) is 128 cm³/mol. The molecule has 0 atom stereocenters. The van der Waals surface area contributed by atoms with E-state index < -0.39 is 0 Å². The zero-order valence-corrected chi connectivity index (χ0v) is 19.6. The van der Waals surface area contributed by atoms with E-state index in [-0.39, 0.29) is 5.91 Å². The summed E-state index contributed by atoms with van der Waals surface area (Å²) in [4.78, 5) is 15.7. The van der Waals surface area contributed by atoms with Gasteiger partial charge >= 0.3 is 0 Å². The van der Waals surface area contributed by atoms with Gasteiger partial charge in [0.2, 0.25) is 0 Å². The number of aromatic nitrogens is 2. The quantitative estimate of drug-likeness (QED) is 0.562. The van der Waals surface area contributed by atoms with E-state index in [2.05, 4.69) is 38.3 Å². The summed E-state index contributed by atoms with van der Waals surface area (Å²) < 4.78 is 8.38. The lowest BCUT2D eigenvalue weighted by atomic mass is 9.95. The molecule has 1 saturated heterocycles. The standard InChI is InChI=1S/C25H27BrN4O2/c26-19-6-4-8-21(16-19)30-23-10-2-1-9-22(23)24(28-30)25(31)27-20-7-3-5-18(15-20)17-29-11-13-32-14-12-29/h3-8,15-16H,1-2,9-14,17H2,(H,27,31). The summed E-state index contributed by atoms with van der Waals surface area (Å²) in [6.07, 6.45) is 4.05. The number of halogens is 1. The van der Waals surface area contributed by atoms with Gasteiger partial charge in [-0.15, -0.1) is 0 Å². The number of nitrogens with one attached hydrogen (secondary N) is 1. The molecule has 2 aromatic carbocycles. The van der Waals surface area contributed by atoms with Crippen LogP contribution in [0.3, 0.4) is 0 Å². The molecule has 0 bridgehead atoms. The summed E-state index contributed by atoms with van der Waals surface area (Å²) in [5.74, 6) is -0.139. The Balaban J connectivity index is 1.38. The number of rotatable bonds is 5. The minimum atomic E-state index is -0.139. The van der Waals surface area contributed by atoms with Crippen LogP contribution in [0.1, 0.15) is 40.2 Å². The van der Waals surface area contributed by atoms with Gasteiger partial charge in [-0.25, -0.2) is 4.68 Å². The summed E-state index contributed by atoms with van der Waals surface area (Å²) in [7, 11) is 0. The fourth-order valence-electron chi connectivity index (χ4n) is 4.56. The number of amides is 1. The number of hydrogen-bond acceptors (Lipinski definition) is 4. The average Bonchev–Trinajstić information content (AvgIpc) is 3.20. The highest BCUT2D eigenvalue weighted by molar-refractivity contribution is 9.10. The minimum Gasteiger partial charge on any atom is -0.379 e. The lowest BCUT2D eigenvalue weighted by Gasteiger charge is -2.26. The third-order valence-corrected chi connectivity index (χ3v) is 6.64. The number of benzene rings is 2. The van der Waals surface area contributed by atoms with Crippen molar-refractivity contribution in [2.45, 2.75) is 32.2 Å². The Kier molecular flexibility index (Phi) is 6.39. The molecule has 1 N–H and O–H groups in total. The van der Waals surface area contributed by atoms with Crippen molar-refractivity contribution in [1.82, 2.24) is 14.7 Å². The Bertz CT molecular complexity index is 1120. The zero-order chi connectivity index (χ0) is 21.9. The number of carbonyl (C=O) groups is 1. The van der Waals surface area contributed by atoms with E-state index in [0.717, 1.165) is 85.6 Å². The molecule has 2 aliphatic rings. The number of hydrogen-bond donors (Lipinski definition) is 1.